The van der Waals surface area contributed by atoms with Crippen LogP contribution in [0.3, 0.4) is 0 Å². The van der Waals surface area contributed by atoms with Crippen molar-refractivity contribution < 1.29 is 4.42 Å². The molecule has 0 aliphatic rings. The first-order valence-corrected chi connectivity index (χ1v) is 4.31. The second-order valence-electron chi connectivity index (χ2n) is 3.04. The van der Waals surface area contributed by atoms with Crippen molar-refractivity contribution >= 4 is 10.9 Å². The van der Waals surface area contributed by atoms with E-state index < -0.39 is 5.76 Å². The molecule has 0 saturated heterocycles. The highest BCUT2D eigenvalue weighted by Gasteiger charge is 2.10. The van der Waals surface area contributed by atoms with Crippen LogP contribution in [-0.4, -0.2) is 20.2 Å². The van der Waals surface area contributed by atoms with E-state index >= 15 is 0 Å². The van der Waals surface area contributed by atoms with Gasteiger partial charge in [-0.1, -0.05) is 0 Å². The van der Waals surface area contributed by atoms with E-state index in [-0.39, 0.29) is 5.89 Å². The Bertz CT molecular complexity index is 664. The van der Waals surface area contributed by atoms with Gasteiger partial charge in [-0.25, -0.2) is 9.89 Å². The summed E-state index contributed by atoms with van der Waals surface area (Å²) in [7, 11) is 0. The van der Waals surface area contributed by atoms with Gasteiger partial charge in [0, 0.05) is 29.5 Å². The van der Waals surface area contributed by atoms with Crippen LogP contribution in [0.4, 0.5) is 0 Å². The minimum Gasteiger partial charge on any atom is -0.388 e. The van der Waals surface area contributed by atoms with E-state index in [0.29, 0.717) is 0 Å². The van der Waals surface area contributed by atoms with E-state index in [1.807, 2.05) is 6.07 Å². The molecule has 0 spiro atoms. The number of nitrogens with zero attached hydrogens (tertiary/aromatic N) is 2. The SMILES string of the molecule is O=c1[nH]nc(-c2c[nH]c3ccncc23)o1. The smallest absolute Gasteiger partial charge is 0.388 e. The second kappa shape index (κ2) is 2.81. The number of fused-ring (bicyclic) bond motifs is 1. The average Bonchev–Trinajstić information content (AvgIpc) is 2.83. The van der Waals surface area contributed by atoms with Crippen LogP contribution in [0, 0.1) is 0 Å². The molecule has 6 heteroatoms. The maximum Gasteiger partial charge on any atom is 0.434 e. The molecule has 0 amide bonds. The predicted molar refractivity (Wildman–Crippen MR) is 52.2 cm³/mol. The van der Waals surface area contributed by atoms with E-state index in [2.05, 4.69) is 20.2 Å². The van der Waals surface area contributed by atoms with Gasteiger partial charge in [-0.2, -0.15) is 0 Å². The average molecular weight is 202 g/mol. The van der Waals surface area contributed by atoms with Crippen LogP contribution in [0.15, 0.2) is 33.9 Å². The van der Waals surface area contributed by atoms with Gasteiger partial charge in [-0.05, 0) is 6.07 Å². The third-order valence-corrected chi connectivity index (χ3v) is 2.15. The molecule has 3 aromatic heterocycles. The Hall–Kier alpha value is -2.37. The number of hydrogen-bond donors (Lipinski definition) is 2. The summed E-state index contributed by atoms with van der Waals surface area (Å²) in [6, 6.07) is 1.84. The molecule has 3 rings (SSSR count). The summed E-state index contributed by atoms with van der Waals surface area (Å²) >= 11 is 0. The molecule has 0 bridgehead atoms. The summed E-state index contributed by atoms with van der Waals surface area (Å²) in [6.07, 6.45) is 5.10. The van der Waals surface area contributed by atoms with Gasteiger partial charge in [0.1, 0.15) is 0 Å². The Morgan fingerprint density at radius 2 is 2.33 bits per heavy atom. The minimum atomic E-state index is -0.566. The standard InChI is InChI=1S/C9H6N4O2/c14-9-13-12-8(15-9)6-4-11-7-1-2-10-3-5(6)7/h1-4,11H,(H,13,14). The topological polar surface area (TPSA) is 87.6 Å². The predicted octanol–water partition coefficient (Wildman–Crippen LogP) is 0.906. The number of aromatic nitrogens is 4. The first kappa shape index (κ1) is 7.98. The number of aromatic amines is 2. The minimum absolute atomic E-state index is 0.263. The van der Waals surface area contributed by atoms with Gasteiger partial charge >= 0.3 is 5.76 Å². The van der Waals surface area contributed by atoms with Gasteiger partial charge in [-0.15, -0.1) is 5.10 Å². The highest BCUT2D eigenvalue weighted by atomic mass is 16.4. The second-order valence-corrected chi connectivity index (χ2v) is 3.04. The number of H-pyrrole nitrogens is 2. The van der Waals surface area contributed by atoms with Crippen LogP contribution in [-0.2, 0) is 0 Å². The molecule has 0 aliphatic heterocycles. The van der Waals surface area contributed by atoms with Crippen LogP contribution in [0.5, 0.6) is 0 Å². The summed E-state index contributed by atoms with van der Waals surface area (Å²) in [5, 5.41) is 6.84. The quantitative estimate of drug-likeness (QED) is 0.613. The zero-order valence-corrected chi connectivity index (χ0v) is 7.52. The van der Waals surface area contributed by atoms with E-state index in [0.717, 1.165) is 16.5 Å². The molecule has 3 heterocycles. The van der Waals surface area contributed by atoms with E-state index in [4.69, 9.17) is 4.42 Å². The Balaban J connectivity index is 2.32. The number of nitrogens with one attached hydrogen (secondary N) is 2. The van der Waals surface area contributed by atoms with Crippen molar-refractivity contribution in [2.75, 3.05) is 0 Å². The molecule has 2 N–H and O–H groups in total. The fourth-order valence-electron chi connectivity index (χ4n) is 1.48. The maximum absolute atomic E-state index is 10.8. The molecule has 6 nitrogen and oxygen atoms in total. The zero-order valence-electron chi connectivity index (χ0n) is 7.52. The van der Waals surface area contributed by atoms with Gasteiger partial charge in [0.05, 0.1) is 5.56 Å². The first-order chi connectivity index (χ1) is 7.34. The van der Waals surface area contributed by atoms with Crippen molar-refractivity contribution in [2.45, 2.75) is 0 Å². The third-order valence-electron chi connectivity index (χ3n) is 2.15. The van der Waals surface area contributed by atoms with Gasteiger partial charge in [0.15, 0.2) is 0 Å². The fraction of sp³-hybridized carbons (Fsp3) is 0. The molecular formula is C9H6N4O2. The first-order valence-electron chi connectivity index (χ1n) is 4.31. The molecule has 0 radical (unpaired) electrons. The third kappa shape index (κ3) is 1.15. The van der Waals surface area contributed by atoms with Crippen molar-refractivity contribution in [3.8, 4) is 11.5 Å². The van der Waals surface area contributed by atoms with Gasteiger partial charge < -0.3 is 9.40 Å². The molecule has 3 aromatic rings. The Kier molecular flexibility index (Phi) is 1.49. The summed E-state index contributed by atoms with van der Waals surface area (Å²) < 4.78 is 4.87. The van der Waals surface area contributed by atoms with E-state index in [1.165, 1.54) is 0 Å². The highest BCUT2D eigenvalue weighted by molar-refractivity contribution is 5.92. The van der Waals surface area contributed by atoms with Crippen molar-refractivity contribution in [3.05, 3.63) is 35.2 Å². The number of rotatable bonds is 1. The number of hydrogen-bond acceptors (Lipinski definition) is 4. The lowest BCUT2D eigenvalue weighted by atomic mass is 10.2. The van der Waals surface area contributed by atoms with Crippen molar-refractivity contribution in [2.24, 2.45) is 0 Å². The van der Waals surface area contributed by atoms with Crippen LogP contribution in [0.2, 0.25) is 0 Å². The van der Waals surface area contributed by atoms with Crippen LogP contribution in [0.1, 0.15) is 0 Å². The Morgan fingerprint density at radius 1 is 1.40 bits per heavy atom. The highest BCUT2D eigenvalue weighted by Crippen LogP contribution is 2.24. The largest absolute Gasteiger partial charge is 0.434 e. The summed E-state index contributed by atoms with van der Waals surface area (Å²) in [6.45, 7) is 0. The zero-order chi connectivity index (χ0) is 10.3. The molecule has 0 aromatic carbocycles. The lowest BCUT2D eigenvalue weighted by Crippen LogP contribution is -1.93. The van der Waals surface area contributed by atoms with Crippen molar-refractivity contribution in [3.63, 3.8) is 0 Å². The normalized spacial score (nSPS) is 10.9. The Morgan fingerprint density at radius 3 is 3.13 bits per heavy atom. The lowest BCUT2D eigenvalue weighted by molar-refractivity contribution is 0.527. The molecule has 0 saturated carbocycles. The monoisotopic (exact) mass is 202 g/mol. The molecule has 74 valence electrons. The maximum atomic E-state index is 10.8. The van der Waals surface area contributed by atoms with Gasteiger partial charge in [-0.3, -0.25) is 4.98 Å². The van der Waals surface area contributed by atoms with Crippen LogP contribution >= 0.6 is 0 Å². The van der Waals surface area contributed by atoms with E-state index in [9.17, 15) is 4.79 Å². The fourth-order valence-corrected chi connectivity index (χ4v) is 1.48. The van der Waals surface area contributed by atoms with Crippen LogP contribution < -0.4 is 5.76 Å². The van der Waals surface area contributed by atoms with Crippen molar-refractivity contribution in [1.82, 2.24) is 20.2 Å². The summed E-state index contributed by atoms with van der Waals surface area (Å²) in [5.74, 6) is -0.303. The molecule has 0 aliphatic carbocycles. The van der Waals surface area contributed by atoms with Crippen LogP contribution in [0.25, 0.3) is 22.4 Å². The molecule has 15 heavy (non-hydrogen) atoms. The summed E-state index contributed by atoms with van der Waals surface area (Å²) in [4.78, 5) is 17.9. The van der Waals surface area contributed by atoms with Gasteiger partial charge in [0.25, 0.3) is 5.89 Å². The van der Waals surface area contributed by atoms with Gasteiger partial charge in [0.2, 0.25) is 0 Å². The Labute approximate surface area is 83.0 Å². The summed E-state index contributed by atoms with van der Waals surface area (Å²) in [5.41, 5.74) is 1.64. The van der Waals surface area contributed by atoms with Crippen molar-refractivity contribution in [1.29, 1.82) is 0 Å². The molecule has 0 fully saturated rings. The molecular weight excluding hydrogens is 196 g/mol. The molecule has 0 atom stereocenters. The van der Waals surface area contributed by atoms with E-state index in [1.54, 1.807) is 18.6 Å². The molecule has 0 unspecified atom stereocenters. The lowest BCUT2D eigenvalue weighted by Gasteiger charge is -1.89. The number of pyridine rings is 1.